The monoisotopic (exact) mass is 251 g/mol. The van der Waals surface area contributed by atoms with Gasteiger partial charge in [0.25, 0.3) is 0 Å². The average Bonchev–Trinajstić information content (AvgIpc) is 2.75. The molecule has 0 aliphatic rings. The summed E-state index contributed by atoms with van der Waals surface area (Å²) in [6.45, 7) is 1.65. The van der Waals surface area contributed by atoms with Crippen LogP contribution in [0, 0.1) is 0 Å². The normalized spacial score (nSPS) is 10.9. The number of methoxy groups -OCH3 is 1. The fraction of sp³-hybridized carbons (Fsp3) is 0.545. The van der Waals surface area contributed by atoms with Gasteiger partial charge < -0.3 is 10.1 Å². The topological polar surface area (TPSA) is 84.3 Å². The van der Waals surface area contributed by atoms with Gasteiger partial charge in [-0.15, -0.1) is 0 Å². The second-order valence-electron chi connectivity index (χ2n) is 4.01. The summed E-state index contributed by atoms with van der Waals surface area (Å²) in [5.74, 6) is 0.730. The minimum atomic E-state index is -0.274. The molecular formula is C11H17N5O2. The van der Waals surface area contributed by atoms with E-state index in [4.69, 9.17) is 4.74 Å². The standard InChI is InChI=1S/C11H17N5O2/c1-18-6-4-2-3-5-12-9-7-10-14-15-11(17)16(10)8-13-9/h7-8,12H,2-6H2,1H3,(H,15,17). The number of nitrogens with one attached hydrogen (secondary N) is 2. The summed E-state index contributed by atoms with van der Waals surface area (Å²) in [5.41, 5.74) is 0.292. The number of ether oxygens (including phenoxy) is 1. The van der Waals surface area contributed by atoms with Crippen LogP contribution in [0.15, 0.2) is 17.2 Å². The van der Waals surface area contributed by atoms with Crippen LogP contribution in [-0.2, 0) is 4.74 Å². The van der Waals surface area contributed by atoms with Crippen molar-refractivity contribution in [3.63, 3.8) is 0 Å². The molecule has 2 aromatic heterocycles. The second-order valence-corrected chi connectivity index (χ2v) is 4.01. The third kappa shape index (κ3) is 3.07. The zero-order valence-electron chi connectivity index (χ0n) is 10.3. The summed E-state index contributed by atoms with van der Waals surface area (Å²) in [6.07, 6.45) is 4.71. The molecule has 0 saturated carbocycles. The van der Waals surface area contributed by atoms with Crippen molar-refractivity contribution in [3.8, 4) is 0 Å². The summed E-state index contributed by atoms with van der Waals surface area (Å²) in [7, 11) is 1.71. The molecule has 0 fully saturated rings. The quantitative estimate of drug-likeness (QED) is 0.706. The second kappa shape index (κ2) is 6.15. The molecule has 98 valence electrons. The first-order valence-electron chi connectivity index (χ1n) is 5.97. The number of hydrogen-bond acceptors (Lipinski definition) is 5. The maximum atomic E-state index is 11.2. The van der Waals surface area contributed by atoms with Gasteiger partial charge in [-0.3, -0.25) is 0 Å². The Morgan fingerprint density at radius 2 is 2.33 bits per heavy atom. The predicted octanol–water partition coefficient (Wildman–Crippen LogP) is 0.646. The molecule has 18 heavy (non-hydrogen) atoms. The molecule has 0 aliphatic heterocycles. The molecule has 0 bridgehead atoms. The third-order valence-electron chi connectivity index (χ3n) is 2.64. The lowest BCUT2D eigenvalue weighted by molar-refractivity contribution is 0.192. The van der Waals surface area contributed by atoms with E-state index in [1.165, 1.54) is 10.7 Å². The molecule has 0 aromatic carbocycles. The molecule has 0 spiro atoms. The summed E-state index contributed by atoms with van der Waals surface area (Å²) >= 11 is 0. The summed E-state index contributed by atoms with van der Waals surface area (Å²) < 4.78 is 6.35. The lowest BCUT2D eigenvalue weighted by Crippen LogP contribution is -2.10. The number of nitrogens with zero attached hydrogens (tertiary/aromatic N) is 3. The van der Waals surface area contributed by atoms with Gasteiger partial charge in [0.05, 0.1) is 0 Å². The van der Waals surface area contributed by atoms with E-state index in [-0.39, 0.29) is 5.69 Å². The highest BCUT2D eigenvalue weighted by molar-refractivity contribution is 5.48. The van der Waals surface area contributed by atoms with Crippen LogP contribution in [0.2, 0.25) is 0 Å². The predicted molar refractivity (Wildman–Crippen MR) is 67.8 cm³/mol. The van der Waals surface area contributed by atoms with E-state index in [1.807, 2.05) is 0 Å². The first-order valence-corrected chi connectivity index (χ1v) is 5.97. The number of H-pyrrole nitrogens is 1. The summed E-state index contributed by atoms with van der Waals surface area (Å²) in [6, 6.07) is 1.74. The molecular weight excluding hydrogens is 234 g/mol. The van der Waals surface area contributed by atoms with E-state index >= 15 is 0 Å². The van der Waals surface area contributed by atoms with Crippen molar-refractivity contribution in [2.24, 2.45) is 0 Å². The maximum Gasteiger partial charge on any atom is 0.348 e. The van der Waals surface area contributed by atoms with Crippen molar-refractivity contribution in [1.82, 2.24) is 19.6 Å². The minimum absolute atomic E-state index is 0.274. The van der Waals surface area contributed by atoms with E-state index in [1.54, 1.807) is 13.2 Å². The first-order chi connectivity index (χ1) is 8.81. The molecule has 2 N–H and O–H groups in total. The van der Waals surface area contributed by atoms with Gasteiger partial charge in [0.2, 0.25) is 0 Å². The van der Waals surface area contributed by atoms with Crippen LogP contribution < -0.4 is 11.0 Å². The molecule has 0 saturated heterocycles. The van der Waals surface area contributed by atoms with Crippen LogP contribution in [0.1, 0.15) is 19.3 Å². The van der Waals surface area contributed by atoms with Crippen molar-refractivity contribution in [3.05, 3.63) is 22.9 Å². The molecule has 0 aliphatic carbocycles. The minimum Gasteiger partial charge on any atom is -0.385 e. The van der Waals surface area contributed by atoms with Crippen molar-refractivity contribution >= 4 is 11.5 Å². The highest BCUT2D eigenvalue weighted by atomic mass is 16.5. The molecule has 0 unspecified atom stereocenters. The number of aromatic nitrogens is 4. The molecule has 2 aromatic rings. The zero-order chi connectivity index (χ0) is 12.8. The highest BCUT2D eigenvalue weighted by Crippen LogP contribution is 2.05. The van der Waals surface area contributed by atoms with Gasteiger partial charge in [-0.1, -0.05) is 0 Å². The molecule has 0 amide bonds. The fourth-order valence-electron chi connectivity index (χ4n) is 1.67. The third-order valence-corrected chi connectivity index (χ3v) is 2.64. The smallest absolute Gasteiger partial charge is 0.348 e. The van der Waals surface area contributed by atoms with Gasteiger partial charge in [-0.2, -0.15) is 5.10 Å². The average molecular weight is 251 g/mol. The Bertz CT molecular complexity index is 548. The van der Waals surface area contributed by atoms with E-state index in [0.29, 0.717) is 5.65 Å². The van der Waals surface area contributed by atoms with E-state index in [9.17, 15) is 4.79 Å². The van der Waals surface area contributed by atoms with Crippen molar-refractivity contribution in [2.45, 2.75) is 19.3 Å². The fourth-order valence-corrected chi connectivity index (χ4v) is 1.67. The number of unbranched alkanes of at least 4 members (excludes halogenated alkanes) is 2. The van der Waals surface area contributed by atoms with Gasteiger partial charge in [-0.05, 0) is 19.3 Å². The van der Waals surface area contributed by atoms with E-state index < -0.39 is 0 Å². The van der Waals surface area contributed by atoms with Crippen molar-refractivity contribution in [1.29, 1.82) is 0 Å². The molecule has 7 nitrogen and oxygen atoms in total. The van der Waals surface area contributed by atoms with Gasteiger partial charge in [0.15, 0.2) is 5.65 Å². The van der Waals surface area contributed by atoms with E-state index in [0.717, 1.165) is 38.2 Å². The van der Waals surface area contributed by atoms with Gasteiger partial charge in [0, 0.05) is 26.3 Å². The van der Waals surface area contributed by atoms with Crippen LogP contribution in [-0.4, -0.2) is 39.8 Å². The lowest BCUT2D eigenvalue weighted by atomic mass is 10.2. The molecule has 0 atom stereocenters. The Hall–Kier alpha value is -1.89. The number of aromatic amines is 1. The van der Waals surface area contributed by atoms with Crippen LogP contribution in [0.5, 0.6) is 0 Å². The number of rotatable bonds is 7. The Labute approximate surface area is 104 Å². The lowest BCUT2D eigenvalue weighted by Gasteiger charge is -2.05. The molecule has 2 heterocycles. The first kappa shape index (κ1) is 12.6. The number of anilines is 1. The van der Waals surface area contributed by atoms with Crippen LogP contribution >= 0.6 is 0 Å². The van der Waals surface area contributed by atoms with Crippen LogP contribution in [0.4, 0.5) is 5.82 Å². The zero-order valence-corrected chi connectivity index (χ0v) is 10.3. The van der Waals surface area contributed by atoms with Crippen LogP contribution in [0.25, 0.3) is 5.65 Å². The number of fused-ring (bicyclic) bond motifs is 1. The Morgan fingerprint density at radius 1 is 1.44 bits per heavy atom. The Morgan fingerprint density at radius 3 is 3.17 bits per heavy atom. The highest BCUT2D eigenvalue weighted by Gasteiger charge is 2.01. The number of hydrogen-bond donors (Lipinski definition) is 2. The van der Waals surface area contributed by atoms with Gasteiger partial charge in [-0.25, -0.2) is 19.3 Å². The van der Waals surface area contributed by atoms with Gasteiger partial charge in [0.1, 0.15) is 12.1 Å². The summed E-state index contributed by atoms with van der Waals surface area (Å²) in [5, 5.41) is 9.45. The summed E-state index contributed by atoms with van der Waals surface area (Å²) in [4.78, 5) is 15.4. The molecule has 2 rings (SSSR count). The largest absolute Gasteiger partial charge is 0.385 e. The Kier molecular flexibility index (Phi) is 4.30. The van der Waals surface area contributed by atoms with Crippen molar-refractivity contribution < 1.29 is 4.74 Å². The van der Waals surface area contributed by atoms with E-state index in [2.05, 4.69) is 20.5 Å². The maximum absolute atomic E-state index is 11.2. The molecule has 0 radical (unpaired) electrons. The van der Waals surface area contributed by atoms with Crippen molar-refractivity contribution in [2.75, 3.05) is 25.6 Å². The SMILES string of the molecule is COCCCCCNc1cc2n[nH]c(=O)n2cn1. The molecule has 7 heteroatoms. The van der Waals surface area contributed by atoms with Crippen LogP contribution in [0.3, 0.4) is 0 Å². The Balaban J connectivity index is 1.83. The van der Waals surface area contributed by atoms with Gasteiger partial charge >= 0.3 is 5.69 Å².